The van der Waals surface area contributed by atoms with Gasteiger partial charge in [-0.2, -0.15) is 0 Å². The molecule has 1 aliphatic rings. The summed E-state index contributed by atoms with van der Waals surface area (Å²) in [5.41, 5.74) is 1.17. The lowest BCUT2D eigenvalue weighted by Crippen LogP contribution is -2.47. The van der Waals surface area contributed by atoms with Crippen molar-refractivity contribution in [1.29, 1.82) is 0 Å². The predicted octanol–water partition coefficient (Wildman–Crippen LogP) is 3.38. The predicted molar refractivity (Wildman–Crippen MR) is 83.0 cm³/mol. The molecule has 2 rings (SSSR count). The Morgan fingerprint density at radius 1 is 1.47 bits per heavy atom. The topological polar surface area (TPSA) is 15.3 Å². The molecule has 0 aliphatic carbocycles. The number of benzene rings is 1. The highest BCUT2D eigenvalue weighted by molar-refractivity contribution is 14.1. The first-order valence-corrected chi connectivity index (χ1v) is 7.44. The highest BCUT2D eigenvalue weighted by Gasteiger charge is 2.25. The molecule has 2 nitrogen and oxygen atoms in total. The SMILES string of the molecule is CNC1CCN(c2ccc(I)cc2Cl)CC1C. The van der Waals surface area contributed by atoms with E-state index in [2.05, 4.69) is 58.9 Å². The van der Waals surface area contributed by atoms with Crippen molar-refractivity contribution in [2.24, 2.45) is 5.92 Å². The zero-order valence-corrected chi connectivity index (χ0v) is 13.1. The second kappa shape index (κ2) is 5.76. The minimum atomic E-state index is 0.633. The van der Waals surface area contributed by atoms with Crippen LogP contribution in [0.1, 0.15) is 13.3 Å². The van der Waals surface area contributed by atoms with Gasteiger partial charge in [0.1, 0.15) is 0 Å². The maximum Gasteiger partial charge on any atom is 0.0650 e. The van der Waals surface area contributed by atoms with E-state index >= 15 is 0 Å². The van der Waals surface area contributed by atoms with Crippen molar-refractivity contribution in [2.45, 2.75) is 19.4 Å². The molecule has 1 aromatic carbocycles. The Bertz CT molecular complexity index is 397. The van der Waals surface area contributed by atoms with E-state index in [9.17, 15) is 0 Å². The highest BCUT2D eigenvalue weighted by atomic mass is 127. The standard InChI is InChI=1S/C13H18ClIN2/c1-9-8-17(6-5-12(9)16-2)13-4-3-10(15)7-11(13)14/h3-4,7,9,12,16H,5-6,8H2,1-2H3. The Hall–Kier alpha value is -0.0000000000000000555. The molecule has 1 N–H and O–H groups in total. The number of anilines is 1. The molecule has 0 saturated carbocycles. The Balaban J connectivity index is 2.14. The van der Waals surface area contributed by atoms with Crippen LogP contribution in [0.25, 0.3) is 0 Å². The van der Waals surface area contributed by atoms with Crippen molar-refractivity contribution in [1.82, 2.24) is 5.32 Å². The molecule has 17 heavy (non-hydrogen) atoms. The highest BCUT2D eigenvalue weighted by Crippen LogP contribution is 2.30. The first kappa shape index (κ1) is 13.4. The summed E-state index contributed by atoms with van der Waals surface area (Å²) < 4.78 is 1.19. The molecule has 1 saturated heterocycles. The average Bonchev–Trinajstić information content (AvgIpc) is 2.29. The first-order valence-electron chi connectivity index (χ1n) is 5.99. The van der Waals surface area contributed by atoms with Crippen LogP contribution in [-0.2, 0) is 0 Å². The van der Waals surface area contributed by atoms with Crippen LogP contribution in [-0.4, -0.2) is 26.2 Å². The van der Waals surface area contributed by atoms with Crippen molar-refractivity contribution >= 4 is 39.9 Å². The molecule has 1 heterocycles. The van der Waals surface area contributed by atoms with Gasteiger partial charge in [-0.1, -0.05) is 18.5 Å². The van der Waals surface area contributed by atoms with E-state index < -0.39 is 0 Å². The molecule has 1 aliphatic heterocycles. The van der Waals surface area contributed by atoms with Crippen molar-refractivity contribution in [3.8, 4) is 0 Å². The van der Waals surface area contributed by atoms with E-state index in [-0.39, 0.29) is 0 Å². The van der Waals surface area contributed by atoms with Crippen LogP contribution in [0.3, 0.4) is 0 Å². The van der Waals surface area contributed by atoms with E-state index in [1.54, 1.807) is 0 Å². The normalized spacial score (nSPS) is 25.1. The quantitative estimate of drug-likeness (QED) is 0.809. The van der Waals surface area contributed by atoms with Crippen LogP contribution >= 0.6 is 34.2 Å². The fraction of sp³-hybridized carbons (Fsp3) is 0.538. The fourth-order valence-corrected chi connectivity index (χ4v) is 3.51. The van der Waals surface area contributed by atoms with Gasteiger partial charge in [0, 0.05) is 22.7 Å². The average molecular weight is 365 g/mol. The first-order chi connectivity index (χ1) is 8.11. The zero-order chi connectivity index (χ0) is 12.4. The fourth-order valence-electron chi connectivity index (χ4n) is 2.53. The third-order valence-electron chi connectivity index (χ3n) is 3.53. The number of nitrogens with zero attached hydrogens (tertiary/aromatic N) is 1. The number of halogens is 2. The largest absolute Gasteiger partial charge is 0.370 e. The monoisotopic (exact) mass is 364 g/mol. The number of hydrogen-bond acceptors (Lipinski definition) is 2. The lowest BCUT2D eigenvalue weighted by atomic mass is 9.93. The third-order valence-corrected chi connectivity index (χ3v) is 4.50. The van der Waals surface area contributed by atoms with Gasteiger partial charge in [0.2, 0.25) is 0 Å². The van der Waals surface area contributed by atoms with Crippen molar-refractivity contribution in [3.63, 3.8) is 0 Å². The molecule has 2 unspecified atom stereocenters. The molecule has 0 spiro atoms. The summed E-state index contributed by atoms with van der Waals surface area (Å²) in [4.78, 5) is 2.40. The molecule has 0 bridgehead atoms. The van der Waals surface area contributed by atoms with Crippen LogP contribution in [0.2, 0.25) is 5.02 Å². The van der Waals surface area contributed by atoms with Gasteiger partial charge in [-0.05, 0) is 60.2 Å². The van der Waals surface area contributed by atoms with Crippen LogP contribution in [0.4, 0.5) is 5.69 Å². The smallest absolute Gasteiger partial charge is 0.0650 e. The summed E-state index contributed by atoms with van der Waals surface area (Å²) in [5.74, 6) is 0.657. The Kier molecular flexibility index (Phi) is 4.55. The minimum Gasteiger partial charge on any atom is -0.370 e. The number of nitrogens with one attached hydrogen (secondary N) is 1. The van der Waals surface area contributed by atoms with E-state index in [1.165, 1.54) is 15.7 Å². The zero-order valence-electron chi connectivity index (χ0n) is 10.2. The van der Waals surface area contributed by atoms with Gasteiger partial charge in [0.15, 0.2) is 0 Å². The molecule has 2 atom stereocenters. The van der Waals surface area contributed by atoms with Crippen molar-refractivity contribution < 1.29 is 0 Å². The Labute approximate surface area is 122 Å². The lowest BCUT2D eigenvalue weighted by Gasteiger charge is -2.38. The third kappa shape index (κ3) is 3.06. The van der Waals surface area contributed by atoms with Crippen LogP contribution in [0.5, 0.6) is 0 Å². The number of piperidine rings is 1. The number of hydrogen-bond donors (Lipinski definition) is 1. The Morgan fingerprint density at radius 3 is 2.82 bits per heavy atom. The van der Waals surface area contributed by atoms with Gasteiger partial charge in [0.25, 0.3) is 0 Å². The van der Waals surface area contributed by atoms with Gasteiger partial charge in [-0.3, -0.25) is 0 Å². The van der Waals surface area contributed by atoms with Crippen molar-refractivity contribution in [2.75, 3.05) is 25.0 Å². The second-order valence-corrected chi connectivity index (χ2v) is 6.36. The molecule has 1 fully saturated rings. The summed E-state index contributed by atoms with van der Waals surface area (Å²) in [5, 5.41) is 4.26. The minimum absolute atomic E-state index is 0.633. The molecule has 0 aromatic heterocycles. The summed E-state index contributed by atoms with van der Waals surface area (Å²) in [6.45, 7) is 4.45. The maximum atomic E-state index is 6.32. The molecular weight excluding hydrogens is 347 g/mol. The molecular formula is C13H18ClIN2. The second-order valence-electron chi connectivity index (χ2n) is 4.70. The summed E-state index contributed by atoms with van der Waals surface area (Å²) in [6.07, 6.45) is 1.18. The van der Waals surface area contributed by atoms with Crippen LogP contribution in [0, 0.1) is 9.49 Å². The van der Waals surface area contributed by atoms with Crippen LogP contribution < -0.4 is 10.2 Å². The summed E-state index contributed by atoms with van der Waals surface area (Å²) in [7, 11) is 2.05. The molecule has 0 radical (unpaired) electrons. The van der Waals surface area contributed by atoms with Gasteiger partial charge in [0.05, 0.1) is 10.7 Å². The van der Waals surface area contributed by atoms with Crippen molar-refractivity contribution in [3.05, 3.63) is 26.8 Å². The van der Waals surface area contributed by atoms with Gasteiger partial charge < -0.3 is 10.2 Å². The summed E-state index contributed by atoms with van der Waals surface area (Å²) >= 11 is 8.61. The van der Waals surface area contributed by atoms with E-state index in [1.807, 2.05) is 6.07 Å². The molecule has 0 amide bonds. The van der Waals surface area contributed by atoms with E-state index in [0.29, 0.717) is 12.0 Å². The van der Waals surface area contributed by atoms with E-state index in [0.717, 1.165) is 18.1 Å². The molecule has 1 aromatic rings. The van der Waals surface area contributed by atoms with Gasteiger partial charge in [-0.25, -0.2) is 0 Å². The number of rotatable bonds is 2. The summed E-state index contributed by atoms with van der Waals surface area (Å²) in [6, 6.07) is 6.92. The molecule has 94 valence electrons. The lowest BCUT2D eigenvalue weighted by molar-refractivity contribution is 0.339. The van der Waals surface area contributed by atoms with Crippen LogP contribution in [0.15, 0.2) is 18.2 Å². The van der Waals surface area contributed by atoms with E-state index in [4.69, 9.17) is 11.6 Å². The van der Waals surface area contributed by atoms with Gasteiger partial charge in [-0.15, -0.1) is 0 Å². The van der Waals surface area contributed by atoms with Gasteiger partial charge >= 0.3 is 0 Å². The maximum absolute atomic E-state index is 6.32. The molecule has 4 heteroatoms. The Morgan fingerprint density at radius 2 is 2.24 bits per heavy atom.